The molecule has 0 radical (unpaired) electrons. The first-order valence-electron chi connectivity index (χ1n) is 8.77. The van der Waals surface area contributed by atoms with E-state index in [2.05, 4.69) is 6.58 Å². The van der Waals surface area contributed by atoms with Crippen molar-refractivity contribution in [2.45, 2.75) is 63.9 Å². The topological polar surface area (TPSA) is 63.3 Å². The predicted molar refractivity (Wildman–Crippen MR) is 96.0 cm³/mol. The van der Waals surface area contributed by atoms with Crippen LogP contribution in [0.4, 0.5) is 0 Å². The lowest BCUT2D eigenvalue weighted by atomic mass is 9.90. The second kappa shape index (κ2) is 11.9. The van der Waals surface area contributed by atoms with Gasteiger partial charge in [0.05, 0.1) is 12.0 Å². The van der Waals surface area contributed by atoms with Crippen molar-refractivity contribution < 1.29 is 9.90 Å². The van der Waals surface area contributed by atoms with Crippen LogP contribution in [0.15, 0.2) is 43.0 Å². The number of allylic oxidation sites excluding steroid dienone is 1. The third-order valence-corrected chi connectivity index (χ3v) is 4.32. The average Bonchev–Trinajstić information content (AvgIpc) is 2.56. The van der Waals surface area contributed by atoms with Gasteiger partial charge < -0.3 is 10.8 Å². The van der Waals surface area contributed by atoms with E-state index in [1.165, 1.54) is 24.8 Å². The standard InChI is InChI=1S/C20H31NO2/c1-2-3-4-5-6-7-11-14-18(20(21)23)19(22)16-15-17-12-9-8-10-13-17/h2,8-10,12-13,18-19,22H,1,3-7,11,14-16H2,(H2,21,23). The van der Waals surface area contributed by atoms with Gasteiger partial charge in [0.2, 0.25) is 5.91 Å². The van der Waals surface area contributed by atoms with Crippen LogP contribution in [0, 0.1) is 5.92 Å². The first kappa shape index (κ1) is 19.4. The van der Waals surface area contributed by atoms with E-state index in [-0.39, 0.29) is 5.91 Å². The Kier molecular flexibility index (Phi) is 10.0. The molecule has 1 aromatic carbocycles. The molecule has 0 heterocycles. The summed E-state index contributed by atoms with van der Waals surface area (Å²) in [5.74, 6) is -0.802. The van der Waals surface area contributed by atoms with E-state index >= 15 is 0 Å². The van der Waals surface area contributed by atoms with Gasteiger partial charge in [0.25, 0.3) is 0 Å². The maximum atomic E-state index is 11.6. The second-order valence-corrected chi connectivity index (χ2v) is 6.23. The largest absolute Gasteiger partial charge is 0.392 e. The molecule has 0 spiro atoms. The minimum absolute atomic E-state index is 0.378. The summed E-state index contributed by atoms with van der Waals surface area (Å²) in [6.07, 6.45) is 10.0. The number of primary amides is 1. The smallest absolute Gasteiger partial charge is 0.223 e. The second-order valence-electron chi connectivity index (χ2n) is 6.23. The number of hydrogen-bond donors (Lipinski definition) is 2. The lowest BCUT2D eigenvalue weighted by molar-refractivity contribution is -0.125. The number of carbonyl (C=O) groups is 1. The molecule has 128 valence electrons. The molecular formula is C20H31NO2. The Morgan fingerprint density at radius 1 is 1.09 bits per heavy atom. The lowest BCUT2D eigenvalue weighted by Gasteiger charge is -2.20. The van der Waals surface area contributed by atoms with E-state index in [1.807, 2.05) is 36.4 Å². The van der Waals surface area contributed by atoms with E-state index in [4.69, 9.17) is 5.73 Å². The highest BCUT2D eigenvalue weighted by molar-refractivity contribution is 5.77. The van der Waals surface area contributed by atoms with E-state index in [0.717, 1.165) is 25.7 Å². The van der Waals surface area contributed by atoms with Gasteiger partial charge >= 0.3 is 0 Å². The van der Waals surface area contributed by atoms with Gasteiger partial charge in [0.1, 0.15) is 0 Å². The minimum Gasteiger partial charge on any atom is -0.392 e. The maximum absolute atomic E-state index is 11.6. The molecule has 3 nitrogen and oxygen atoms in total. The molecule has 1 rings (SSSR count). The highest BCUT2D eigenvalue weighted by Crippen LogP contribution is 2.19. The van der Waals surface area contributed by atoms with Gasteiger partial charge in [-0.3, -0.25) is 4.79 Å². The summed E-state index contributed by atoms with van der Waals surface area (Å²) in [6.45, 7) is 3.72. The monoisotopic (exact) mass is 317 g/mol. The molecular weight excluding hydrogens is 286 g/mol. The van der Waals surface area contributed by atoms with Crippen molar-refractivity contribution in [1.29, 1.82) is 0 Å². The number of hydrogen-bond acceptors (Lipinski definition) is 2. The van der Waals surface area contributed by atoms with Crippen LogP contribution < -0.4 is 5.73 Å². The predicted octanol–water partition coefficient (Wildman–Crippen LogP) is 4.00. The summed E-state index contributed by atoms with van der Waals surface area (Å²) in [5, 5.41) is 10.3. The number of amides is 1. The molecule has 0 saturated heterocycles. The fourth-order valence-corrected chi connectivity index (χ4v) is 2.87. The fraction of sp³-hybridized carbons (Fsp3) is 0.550. The number of aliphatic hydroxyl groups is 1. The normalized spacial score (nSPS) is 13.4. The Balaban J connectivity index is 2.27. The molecule has 2 atom stereocenters. The maximum Gasteiger partial charge on any atom is 0.223 e. The van der Waals surface area contributed by atoms with Crippen LogP contribution in [-0.2, 0) is 11.2 Å². The molecule has 0 bridgehead atoms. The van der Waals surface area contributed by atoms with E-state index < -0.39 is 12.0 Å². The Labute approximate surface area is 140 Å². The van der Waals surface area contributed by atoms with Gasteiger partial charge in [-0.05, 0) is 37.7 Å². The van der Waals surface area contributed by atoms with E-state index in [0.29, 0.717) is 12.8 Å². The zero-order chi connectivity index (χ0) is 16.9. The molecule has 0 aromatic heterocycles. The summed E-state index contributed by atoms with van der Waals surface area (Å²) in [5.41, 5.74) is 6.65. The molecule has 1 aromatic rings. The number of unbranched alkanes of at least 4 members (excludes halogenated alkanes) is 5. The Bertz CT molecular complexity index is 444. The third-order valence-electron chi connectivity index (χ3n) is 4.32. The van der Waals surface area contributed by atoms with Crippen LogP contribution >= 0.6 is 0 Å². The van der Waals surface area contributed by atoms with Gasteiger partial charge in [0.15, 0.2) is 0 Å². The van der Waals surface area contributed by atoms with Crippen LogP contribution in [0.5, 0.6) is 0 Å². The molecule has 1 amide bonds. The van der Waals surface area contributed by atoms with E-state index in [9.17, 15) is 9.90 Å². The quantitative estimate of drug-likeness (QED) is 0.427. The van der Waals surface area contributed by atoms with Crippen molar-refractivity contribution in [3.05, 3.63) is 48.6 Å². The molecule has 2 unspecified atom stereocenters. The lowest BCUT2D eigenvalue weighted by Crippen LogP contribution is -2.33. The van der Waals surface area contributed by atoms with Crippen molar-refractivity contribution in [2.24, 2.45) is 11.7 Å². The van der Waals surface area contributed by atoms with Gasteiger partial charge in [-0.1, -0.05) is 62.1 Å². The van der Waals surface area contributed by atoms with Crippen LogP contribution in [0.3, 0.4) is 0 Å². The van der Waals surface area contributed by atoms with Crippen LogP contribution in [0.2, 0.25) is 0 Å². The van der Waals surface area contributed by atoms with Crippen molar-refractivity contribution in [2.75, 3.05) is 0 Å². The molecule has 3 N–H and O–H groups in total. The number of aryl methyl sites for hydroxylation is 1. The summed E-state index contributed by atoms with van der Waals surface area (Å²) in [4.78, 5) is 11.6. The molecule has 0 aliphatic heterocycles. The van der Waals surface area contributed by atoms with Crippen molar-refractivity contribution >= 4 is 5.91 Å². The summed E-state index contributed by atoms with van der Waals surface area (Å²) < 4.78 is 0. The zero-order valence-electron chi connectivity index (χ0n) is 14.1. The molecule has 0 aliphatic carbocycles. The van der Waals surface area contributed by atoms with Crippen LogP contribution in [0.1, 0.15) is 56.9 Å². The van der Waals surface area contributed by atoms with Crippen LogP contribution in [-0.4, -0.2) is 17.1 Å². The SMILES string of the molecule is C=CCCCCCCCC(C(N)=O)C(O)CCc1ccccc1. The zero-order valence-corrected chi connectivity index (χ0v) is 14.1. The van der Waals surface area contributed by atoms with Crippen molar-refractivity contribution in [3.63, 3.8) is 0 Å². The number of aliphatic hydroxyl groups excluding tert-OH is 1. The molecule has 0 aliphatic rings. The fourth-order valence-electron chi connectivity index (χ4n) is 2.87. The van der Waals surface area contributed by atoms with Crippen molar-refractivity contribution in [3.8, 4) is 0 Å². The Hall–Kier alpha value is -1.61. The number of benzene rings is 1. The first-order valence-corrected chi connectivity index (χ1v) is 8.77. The molecule has 23 heavy (non-hydrogen) atoms. The number of rotatable bonds is 13. The van der Waals surface area contributed by atoms with Crippen LogP contribution in [0.25, 0.3) is 0 Å². The Morgan fingerprint density at radius 3 is 2.39 bits per heavy atom. The first-order chi connectivity index (χ1) is 11.1. The molecule has 0 saturated carbocycles. The Morgan fingerprint density at radius 2 is 1.74 bits per heavy atom. The summed E-state index contributed by atoms with van der Waals surface area (Å²) in [6, 6.07) is 10.0. The van der Waals surface area contributed by atoms with Gasteiger partial charge in [0, 0.05) is 0 Å². The summed E-state index contributed by atoms with van der Waals surface area (Å²) in [7, 11) is 0. The highest BCUT2D eigenvalue weighted by atomic mass is 16.3. The minimum atomic E-state index is -0.645. The summed E-state index contributed by atoms with van der Waals surface area (Å²) >= 11 is 0. The van der Waals surface area contributed by atoms with Gasteiger partial charge in [-0.2, -0.15) is 0 Å². The number of carbonyl (C=O) groups excluding carboxylic acids is 1. The third kappa shape index (κ3) is 8.56. The highest BCUT2D eigenvalue weighted by Gasteiger charge is 2.23. The van der Waals surface area contributed by atoms with E-state index in [1.54, 1.807) is 0 Å². The van der Waals surface area contributed by atoms with Gasteiger partial charge in [-0.25, -0.2) is 0 Å². The molecule has 0 fully saturated rings. The van der Waals surface area contributed by atoms with Gasteiger partial charge in [-0.15, -0.1) is 6.58 Å². The number of nitrogens with two attached hydrogens (primary N) is 1. The van der Waals surface area contributed by atoms with Crippen molar-refractivity contribution in [1.82, 2.24) is 0 Å². The molecule has 3 heteroatoms. The average molecular weight is 317 g/mol.